The fraction of sp³-hybridized carbons (Fsp3) is 0.636. The average Bonchev–Trinajstić information content (AvgIpc) is 2.35. The van der Waals surface area contributed by atoms with Gasteiger partial charge >= 0.3 is 0 Å². The molecule has 0 saturated heterocycles. The van der Waals surface area contributed by atoms with E-state index in [2.05, 4.69) is 53.6 Å². The van der Waals surface area contributed by atoms with Crippen LogP contribution in [0, 0.1) is 0 Å². The summed E-state index contributed by atoms with van der Waals surface area (Å²) < 4.78 is 0. The first-order valence-corrected chi connectivity index (χ1v) is 6.92. The van der Waals surface area contributed by atoms with Gasteiger partial charge in [-0.05, 0) is 34.2 Å². The van der Waals surface area contributed by atoms with E-state index < -0.39 is 0 Å². The van der Waals surface area contributed by atoms with Crippen LogP contribution in [0.25, 0.3) is 0 Å². The molecule has 4 N–H and O–H groups in total. The molecule has 1 aromatic heterocycles. The lowest BCUT2D eigenvalue weighted by molar-refractivity contribution is 0.210. The maximum Gasteiger partial charge on any atom is 0.191 e. The number of hydrogen-bond acceptors (Lipinski definition) is 7. The van der Waals surface area contributed by atoms with Gasteiger partial charge in [0.05, 0.1) is 0 Å². The summed E-state index contributed by atoms with van der Waals surface area (Å²) >= 11 is 1.48. The highest BCUT2D eigenvalue weighted by molar-refractivity contribution is 7.98. The van der Waals surface area contributed by atoms with Crippen LogP contribution in [0.15, 0.2) is 11.2 Å². The number of nitrogens with zero attached hydrogens (tertiary/aromatic N) is 3. The van der Waals surface area contributed by atoms with Crippen LogP contribution < -0.4 is 16.6 Å². The summed E-state index contributed by atoms with van der Waals surface area (Å²) in [5.41, 5.74) is 2.59. The highest BCUT2D eigenvalue weighted by Gasteiger charge is 2.20. The summed E-state index contributed by atoms with van der Waals surface area (Å²) in [6, 6.07) is 1.80. The first kappa shape index (κ1) is 15.0. The van der Waals surface area contributed by atoms with Gasteiger partial charge in [-0.3, -0.25) is 0 Å². The molecule has 0 aliphatic rings. The van der Waals surface area contributed by atoms with Gasteiger partial charge in [0.1, 0.15) is 11.6 Å². The average molecular weight is 270 g/mol. The Balaban J connectivity index is 2.78. The molecule has 7 heteroatoms. The number of hydrogen-bond donors (Lipinski definition) is 3. The molecular formula is C11H22N6S. The summed E-state index contributed by atoms with van der Waals surface area (Å²) in [5.74, 6) is 6.77. The monoisotopic (exact) mass is 270 g/mol. The molecule has 0 radical (unpaired) electrons. The van der Waals surface area contributed by atoms with E-state index in [-0.39, 0.29) is 5.54 Å². The Hall–Kier alpha value is -1.05. The van der Waals surface area contributed by atoms with Gasteiger partial charge in [0.25, 0.3) is 0 Å². The quantitative estimate of drug-likeness (QED) is 0.310. The number of rotatable bonds is 6. The molecule has 0 saturated carbocycles. The lowest BCUT2D eigenvalue weighted by atomic mass is 10.0. The van der Waals surface area contributed by atoms with Crippen molar-refractivity contribution < 1.29 is 0 Å². The smallest absolute Gasteiger partial charge is 0.191 e. The Labute approximate surface area is 113 Å². The van der Waals surface area contributed by atoms with Gasteiger partial charge in [-0.25, -0.2) is 15.8 Å². The highest BCUT2D eigenvalue weighted by Crippen LogP contribution is 2.18. The summed E-state index contributed by atoms with van der Waals surface area (Å²) in [5, 5.41) is 4.00. The maximum atomic E-state index is 5.39. The van der Waals surface area contributed by atoms with E-state index in [0.29, 0.717) is 11.0 Å². The molecule has 1 aromatic rings. The summed E-state index contributed by atoms with van der Waals surface area (Å²) in [7, 11) is 4.11. The molecular weight excluding hydrogens is 248 g/mol. The molecule has 0 unspecified atom stereocenters. The molecule has 0 bridgehead atoms. The molecule has 0 amide bonds. The van der Waals surface area contributed by atoms with Crippen LogP contribution in [0.4, 0.5) is 11.6 Å². The number of nitrogens with one attached hydrogen (secondary N) is 2. The van der Waals surface area contributed by atoms with Crippen molar-refractivity contribution in [1.82, 2.24) is 14.9 Å². The third-order valence-corrected chi connectivity index (χ3v) is 3.50. The number of aromatic nitrogens is 2. The van der Waals surface area contributed by atoms with E-state index in [0.717, 1.165) is 12.4 Å². The van der Waals surface area contributed by atoms with Crippen molar-refractivity contribution in [3.63, 3.8) is 0 Å². The lowest BCUT2D eigenvalue weighted by Gasteiger charge is -2.32. The van der Waals surface area contributed by atoms with Crippen LogP contribution in [0.2, 0.25) is 0 Å². The van der Waals surface area contributed by atoms with Crippen LogP contribution in [-0.4, -0.2) is 47.3 Å². The van der Waals surface area contributed by atoms with E-state index in [9.17, 15) is 0 Å². The predicted octanol–water partition coefficient (Wildman–Crippen LogP) is 1.24. The zero-order chi connectivity index (χ0) is 13.8. The first-order valence-electron chi connectivity index (χ1n) is 5.70. The highest BCUT2D eigenvalue weighted by atomic mass is 32.2. The number of nitrogen functional groups attached to an aromatic ring is 1. The topological polar surface area (TPSA) is 79.1 Å². The van der Waals surface area contributed by atoms with Gasteiger partial charge in [0.15, 0.2) is 5.16 Å². The number of hydrazine groups is 1. The molecule has 0 spiro atoms. The normalized spacial score (nSPS) is 11.7. The number of nitrogens with two attached hydrogens (primary N) is 1. The van der Waals surface area contributed by atoms with Gasteiger partial charge in [-0.15, -0.1) is 0 Å². The van der Waals surface area contributed by atoms with Crippen molar-refractivity contribution >= 4 is 23.4 Å². The molecule has 0 atom stereocenters. The molecule has 18 heavy (non-hydrogen) atoms. The summed E-state index contributed by atoms with van der Waals surface area (Å²) in [6.07, 6.45) is 1.93. The second-order valence-corrected chi connectivity index (χ2v) is 5.60. The molecule has 1 rings (SSSR count). The lowest BCUT2D eigenvalue weighted by Crippen LogP contribution is -2.44. The third-order valence-electron chi connectivity index (χ3n) is 2.95. The Morgan fingerprint density at radius 2 is 1.94 bits per heavy atom. The van der Waals surface area contributed by atoms with Crippen molar-refractivity contribution in [2.45, 2.75) is 24.5 Å². The molecule has 1 heterocycles. The minimum Gasteiger partial charge on any atom is -0.368 e. The Bertz CT molecular complexity index is 371. The number of anilines is 2. The Morgan fingerprint density at radius 3 is 2.44 bits per heavy atom. The Morgan fingerprint density at radius 1 is 1.33 bits per heavy atom. The van der Waals surface area contributed by atoms with Crippen LogP contribution >= 0.6 is 11.8 Å². The van der Waals surface area contributed by atoms with Crippen molar-refractivity contribution in [1.29, 1.82) is 0 Å². The van der Waals surface area contributed by atoms with Crippen molar-refractivity contribution in [3.8, 4) is 0 Å². The standard InChI is InChI=1S/C11H22N6S/c1-11(2,17(3)4)7-13-8-6-9(16-12)15-10(14-8)18-5/h6H,7,12H2,1-5H3,(H2,13,14,15,16). The SMILES string of the molecule is CSc1nc(NN)cc(NCC(C)(C)N(C)C)n1. The second-order valence-electron chi connectivity index (χ2n) is 4.83. The summed E-state index contributed by atoms with van der Waals surface area (Å²) in [6.45, 7) is 5.12. The molecule has 0 aliphatic heterocycles. The molecule has 6 nitrogen and oxygen atoms in total. The van der Waals surface area contributed by atoms with E-state index in [1.165, 1.54) is 11.8 Å². The first-order chi connectivity index (χ1) is 8.39. The fourth-order valence-electron chi connectivity index (χ4n) is 1.15. The molecule has 102 valence electrons. The van der Waals surface area contributed by atoms with Gasteiger partial charge in [-0.1, -0.05) is 11.8 Å². The van der Waals surface area contributed by atoms with E-state index >= 15 is 0 Å². The zero-order valence-corrected chi connectivity index (χ0v) is 12.4. The van der Waals surface area contributed by atoms with Crippen LogP contribution in [0.1, 0.15) is 13.8 Å². The summed E-state index contributed by atoms with van der Waals surface area (Å²) in [4.78, 5) is 10.8. The van der Waals surface area contributed by atoms with E-state index in [1.54, 1.807) is 6.07 Å². The maximum absolute atomic E-state index is 5.39. The molecule has 0 aliphatic carbocycles. The predicted molar refractivity (Wildman–Crippen MR) is 77.9 cm³/mol. The minimum atomic E-state index is 0.0424. The fourth-order valence-corrected chi connectivity index (χ4v) is 1.53. The van der Waals surface area contributed by atoms with Crippen molar-refractivity contribution in [3.05, 3.63) is 6.07 Å². The van der Waals surface area contributed by atoms with E-state index in [4.69, 9.17) is 5.84 Å². The van der Waals surface area contributed by atoms with Gasteiger partial charge in [-0.2, -0.15) is 0 Å². The van der Waals surface area contributed by atoms with Crippen LogP contribution in [-0.2, 0) is 0 Å². The van der Waals surface area contributed by atoms with Gasteiger partial charge < -0.3 is 15.6 Å². The second kappa shape index (κ2) is 6.21. The van der Waals surface area contributed by atoms with Crippen molar-refractivity contribution in [2.75, 3.05) is 37.6 Å². The van der Waals surface area contributed by atoms with E-state index in [1.807, 2.05) is 6.26 Å². The van der Waals surface area contributed by atoms with Crippen molar-refractivity contribution in [2.24, 2.45) is 5.84 Å². The Kier molecular flexibility index (Phi) is 5.18. The van der Waals surface area contributed by atoms with Gasteiger partial charge in [0, 0.05) is 18.2 Å². The largest absolute Gasteiger partial charge is 0.368 e. The molecule has 0 fully saturated rings. The van der Waals surface area contributed by atoms with Crippen LogP contribution in [0.5, 0.6) is 0 Å². The minimum absolute atomic E-state index is 0.0424. The molecule has 0 aromatic carbocycles. The number of thioether (sulfide) groups is 1. The zero-order valence-electron chi connectivity index (χ0n) is 11.6. The van der Waals surface area contributed by atoms with Gasteiger partial charge in [0.2, 0.25) is 0 Å². The van der Waals surface area contributed by atoms with Crippen LogP contribution in [0.3, 0.4) is 0 Å². The number of likely N-dealkylation sites (N-methyl/N-ethyl adjacent to an activating group) is 1. The third kappa shape index (κ3) is 4.01.